The van der Waals surface area contributed by atoms with Crippen LogP contribution in [0.4, 0.5) is 13.6 Å². The zero-order valence-corrected chi connectivity index (χ0v) is 16.7. The number of halogens is 2. The summed E-state index contributed by atoms with van der Waals surface area (Å²) >= 11 is 0. The van der Waals surface area contributed by atoms with E-state index in [-0.39, 0.29) is 23.6 Å². The Morgan fingerprint density at radius 1 is 1.31 bits per heavy atom. The van der Waals surface area contributed by atoms with Crippen molar-refractivity contribution in [2.45, 2.75) is 57.5 Å². The van der Waals surface area contributed by atoms with Gasteiger partial charge in [-0.15, -0.1) is 5.48 Å². The molecule has 0 spiro atoms. The van der Waals surface area contributed by atoms with E-state index in [1.807, 2.05) is 33.9 Å². The molecule has 0 aliphatic carbocycles. The summed E-state index contributed by atoms with van der Waals surface area (Å²) in [6.45, 7) is 10.0. The molecule has 0 fully saturated rings. The SMILES string of the molecule is CC(C)(C)[Si](C)(C)OC(CNOC(=O)O)CC(O)c1cc(F)ccc1F. The molecule has 0 aliphatic rings. The standard InChI is InChI=1S/C17H27F2NO5Si/c1-17(2,3)26(4,5)25-12(10-20-24-16(22)23)9-15(21)13-8-11(18)6-7-14(13)19/h6-8,12,15,20-21H,9-10H2,1-5H3,(H,22,23). The predicted molar refractivity (Wildman–Crippen MR) is 95.1 cm³/mol. The van der Waals surface area contributed by atoms with Crippen LogP contribution in [0.5, 0.6) is 0 Å². The molecule has 0 saturated carbocycles. The van der Waals surface area contributed by atoms with E-state index >= 15 is 0 Å². The van der Waals surface area contributed by atoms with E-state index < -0.39 is 38.3 Å². The van der Waals surface area contributed by atoms with Crippen LogP contribution in [-0.2, 0) is 9.26 Å². The molecule has 1 rings (SSSR count). The van der Waals surface area contributed by atoms with E-state index in [0.29, 0.717) is 0 Å². The van der Waals surface area contributed by atoms with Crippen molar-refractivity contribution in [2.75, 3.05) is 6.54 Å². The lowest BCUT2D eigenvalue weighted by Gasteiger charge is -2.39. The minimum absolute atomic E-state index is 0.0349. The Kier molecular flexibility index (Phi) is 7.69. The molecule has 1 aromatic carbocycles. The van der Waals surface area contributed by atoms with Crippen molar-refractivity contribution < 1.29 is 33.1 Å². The smallest absolute Gasteiger partial charge is 0.448 e. The number of hydrogen-bond donors (Lipinski definition) is 3. The van der Waals surface area contributed by atoms with E-state index in [4.69, 9.17) is 9.53 Å². The Balaban J connectivity index is 2.93. The minimum Gasteiger partial charge on any atom is -0.448 e. The van der Waals surface area contributed by atoms with Gasteiger partial charge in [-0.3, -0.25) is 0 Å². The van der Waals surface area contributed by atoms with Gasteiger partial charge in [-0.25, -0.2) is 13.6 Å². The minimum atomic E-state index is -2.26. The van der Waals surface area contributed by atoms with Crippen molar-refractivity contribution in [3.05, 3.63) is 35.4 Å². The average molecular weight is 391 g/mol. The van der Waals surface area contributed by atoms with Gasteiger partial charge in [-0.1, -0.05) is 20.8 Å². The van der Waals surface area contributed by atoms with Crippen LogP contribution in [0.3, 0.4) is 0 Å². The van der Waals surface area contributed by atoms with Gasteiger partial charge in [0.1, 0.15) is 11.6 Å². The van der Waals surface area contributed by atoms with Crippen molar-refractivity contribution in [1.29, 1.82) is 0 Å². The second-order valence-corrected chi connectivity index (χ2v) is 12.4. The lowest BCUT2D eigenvalue weighted by Crippen LogP contribution is -2.47. The highest BCUT2D eigenvalue weighted by Gasteiger charge is 2.39. The van der Waals surface area contributed by atoms with Gasteiger partial charge in [0.15, 0.2) is 8.32 Å². The summed E-state index contributed by atoms with van der Waals surface area (Å²) in [7, 11) is -2.26. The van der Waals surface area contributed by atoms with Gasteiger partial charge in [0.05, 0.1) is 18.8 Å². The lowest BCUT2D eigenvalue weighted by molar-refractivity contribution is 0.0161. The molecular formula is C17H27F2NO5Si. The van der Waals surface area contributed by atoms with Crippen LogP contribution in [0.15, 0.2) is 18.2 Å². The zero-order chi connectivity index (χ0) is 20.1. The van der Waals surface area contributed by atoms with Crippen LogP contribution in [-0.4, -0.2) is 37.3 Å². The number of hydrogen-bond acceptors (Lipinski definition) is 5. The molecule has 26 heavy (non-hydrogen) atoms. The molecule has 0 aromatic heterocycles. The monoisotopic (exact) mass is 391 g/mol. The van der Waals surface area contributed by atoms with E-state index in [2.05, 4.69) is 10.3 Å². The van der Waals surface area contributed by atoms with Gasteiger partial charge in [-0.2, -0.15) is 0 Å². The van der Waals surface area contributed by atoms with Gasteiger partial charge in [0.2, 0.25) is 0 Å². The van der Waals surface area contributed by atoms with E-state index in [9.17, 15) is 18.7 Å². The van der Waals surface area contributed by atoms with Crippen molar-refractivity contribution >= 4 is 14.5 Å². The summed E-state index contributed by atoms with van der Waals surface area (Å²) in [5.74, 6) is -1.38. The van der Waals surface area contributed by atoms with Crippen LogP contribution in [0, 0.1) is 11.6 Å². The highest BCUT2D eigenvalue weighted by molar-refractivity contribution is 6.74. The zero-order valence-electron chi connectivity index (χ0n) is 15.7. The van der Waals surface area contributed by atoms with E-state index in [1.54, 1.807) is 0 Å². The van der Waals surface area contributed by atoms with Gasteiger partial charge < -0.3 is 19.5 Å². The maximum atomic E-state index is 13.9. The fourth-order valence-corrected chi connectivity index (χ4v) is 3.48. The van der Waals surface area contributed by atoms with E-state index in [1.165, 1.54) is 0 Å². The first-order valence-corrected chi connectivity index (χ1v) is 11.2. The number of aliphatic hydroxyl groups excluding tert-OH is 1. The number of hydroxylamine groups is 1. The molecule has 2 unspecified atom stereocenters. The molecule has 2 atom stereocenters. The number of carbonyl (C=O) groups is 1. The third-order valence-electron chi connectivity index (χ3n) is 4.54. The normalized spacial score (nSPS) is 14.8. The van der Waals surface area contributed by atoms with Crippen molar-refractivity contribution in [1.82, 2.24) is 5.48 Å². The third-order valence-corrected chi connectivity index (χ3v) is 9.08. The molecule has 0 radical (unpaired) electrons. The molecule has 0 amide bonds. The second-order valence-electron chi connectivity index (χ2n) is 7.63. The molecular weight excluding hydrogens is 364 g/mol. The molecule has 148 valence electrons. The average Bonchev–Trinajstić information content (AvgIpc) is 2.47. The topological polar surface area (TPSA) is 88.0 Å². The van der Waals surface area contributed by atoms with Gasteiger partial charge in [-0.05, 0) is 36.3 Å². The summed E-state index contributed by atoms with van der Waals surface area (Å²) in [4.78, 5) is 14.8. The highest BCUT2D eigenvalue weighted by atomic mass is 28.4. The number of nitrogens with one attached hydrogen (secondary N) is 1. The fourth-order valence-electron chi connectivity index (χ4n) is 2.11. The summed E-state index contributed by atoms with van der Waals surface area (Å²) in [6.07, 6.45) is -3.53. The van der Waals surface area contributed by atoms with Crippen molar-refractivity contribution in [2.24, 2.45) is 0 Å². The molecule has 0 aliphatic heterocycles. The van der Waals surface area contributed by atoms with Gasteiger partial charge in [0, 0.05) is 12.0 Å². The Labute approximate surface area is 153 Å². The van der Waals surface area contributed by atoms with E-state index in [0.717, 1.165) is 18.2 Å². The quantitative estimate of drug-likeness (QED) is 0.459. The molecule has 6 nitrogen and oxygen atoms in total. The Morgan fingerprint density at radius 3 is 2.46 bits per heavy atom. The van der Waals surface area contributed by atoms with Crippen LogP contribution in [0.1, 0.15) is 38.9 Å². The summed E-state index contributed by atoms with van der Waals surface area (Å²) in [5.41, 5.74) is 2.09. The molecule has 1 aromatic rings. The first-order valence-electron chi connectivity index (χ1n) is 8.27. The Hall–Kier alpha value is -1.55. The van der Waals surface area contributed by atoms with Crippen molar-refractivity contribution in [3.8, 4) is 0 Å². The maximum absolute atomic E-state index is 13.9. The lowest BCUT2D eigenvalue weighted by atomic mass is 10.0. The van der Waals surface area contributed by atoms with Gasteiger partial charge >= 0.3 is 6.16 Å². The number of benzene rings is 1. The molecule has 3 N–H and O–H groups in total. The Morgan fingerprint density at radius 2 is 1.92 bits per heavy atom. The molecule has 9 heteroatoms. The second kappa shape index (κ2) is 8.89. The molecule has 0 heterocycles. The summed E-state index contributed by atoms with van der Waals surface area (Å²) < 4.78 is 33.4. The van der Waals surface area contributed by atoms with Crippen LogP contribution in [0.25, 0.3) is 0 Å². The fraction of sp³-hybridized carbons (Fsp3) is 0.588. The first-order chi connectivity index (χ1) is 11.8. The van der Waals surface area contributed by atoms with Crippen molar-refractivity contribution in [3.63, 3.8) is 0 Å². The van der Waals surface area contributed by atoms with Crippen LogP contribution >= 0.6 is 0 Å². The highest BCUT2D eigenvalue weighted by Crippen LogP contribution is 2.38. The molecule has 0 bridgehead atoms. The summed E-state index contributed by atoms with van der Waals surface area (Å²) in [6, 6.07) is 2.85. The summed E-state index contributed by atoms with van der Waals surface area (Å²) in [5, 5.41) is 18.8. The number of aliphatic hydroxyl groups is 1. The van der Waals surface area contributed by atoms with Gasteiger partial charge in [0.25, 0.3) is 0 Å². The van der Waals surface area contributed by atoms with Crippen LogP contribution < -0.4 is 5.48 Å². The first kappa shape index (κ1) is 22.5. The molecule has 0 saturated heterocycles. The van der Waals surface area contributed by atoms with Crippen LogP contribution in [0.2, 0.25) is 18.1 Å². The Bertz CT molecular complexity index is 622. The maximum Gasteiger partial charge on any atom is 0.525 e. The number of rotatable bonds is 8. The number of carboxylic acid groups (broad SMARTS) is 1. The predicted octanol–water partition coefficient (Wildman–Crippen LogP) is 3.98. The third kappa shape index (κ3) is 6.64. The largest absolute Gasteiger partial charge is 0.525 e.